The molecule has 0 bridgehead atoms. The second-order valence-corrected chi connectivity index (χ2v) is 6.80. The van der Waals surface area contributed by atoms with Gasteiger partial charge in [0.1, 0.15) is 11.4 Å². The van der Waals surface area contributed by atoms with Crippen molar-refractivity contribution in [3.8, 4) is 0 Å². The zero-order valence-electron chi connectivity index (χ0n) is 14.7. The molecule has 0 unspecified atom stereocenters. The number of hydrogen-bond donors (Lipinski definition) is 0. The van der Waals surface area contributed by atoms with E-state index in [-0.39, 0.29) is 7.12 Å². The maximum absolute atomic E-state index is 2.45. The van der Waals surface area contributed by atoms with Crippen LogP contribution in [0.3, 0.4) is 0 Å². The molecule has 0 fully saturated rings. The minimum absolute atomic E-state index is 0.113. The molecular formula is C20H20BN4+. The third kappa shape index (κ3) is 1.81. The Labute approximate surface area is 148 Å². The molecule has 0 amide bonds. The molecule has 3 aromatic rings. The molecule has 0 atom stereocenters. The van der Waals surface area contributed by atoms with Gasteiger partial charge in [-0.2, -0.15) is 0 Å². The van der Waals surface area contributed by atoms with Crippen LogP contribution in [-0.2, 0) is 7.05 Å². The first-order valence-corrected chi connectivity index (χ1v) is 8.63. The highest BCUT2D eigenvalue weighted by molar-refractivity contribution is 6.78. The lowest BCUT2D eigenvalue weighted by Gasteiger charge is -2.23. The van der Waals surface area contributed by atoms with E-state index in [0.717, 1.165) is 0 Å². The van der Waals surface area contributed by atoms with Crippen LogP contribution in [-0.4, -0.2) is 14.2 Å². The molecule has 0 N–H and O–H groups in total. The average Bonchev–Trinajstić information content (AvgIpc) is 3.11. The van der Waals surface area contributed by atoms with Crippen molar-refractivity contribution >= 4 is 35.7 Å². The summed E-state index contributed by atoms with van der Waals surface area (Å²) in [5.74, 6) is 1.23. The van der Waals surface area contributed by atoms with Crippen LogP contribution in [0.25, 0.3) is 0 Å². The summed E-state index contributed by atoms with van der Waals surface area (Å²) in [6.07, 6.45) is 2.12. The molecule has 25 heavy (non-hydrogen) atoms. The van der Waals surface area contributed by atoms with Gasteiger partial charge in [-0.05, 0) is 49.9 Å². The highest BCUT2D eigenvalue weighted by atomic mass is 15.5. The number of nitrogens with zero attached hydrogens (tertiary/aromatic N) is 4. The molecule has 5 heteroatoms. The van der Waals surface area contributed by atoms with Crippen molar-refractivity contribution in [2.45, 2.75) is 6.92 Å². The van der Waals surface area contributed by atoms with Crippen LogP contribution in [0.1, 0.15) is 5.56 Å². The van der Waals surface area contributed by atoms with Gasteiger partial charge in [0.25, 0.3) is 5.82 Å². The highest BCUT2D eigenvalue weighted by Gasteiger charge is 2.59. The minimum atomic E-state index is 0.113. The third-order valence-electron chi connectivity index (χ3n) is 5.32. The average molecular weight is 327 g/mol. The molecule has 2 aliphatic heterocycles. The predicted octanol–water partition coefficient (Wildman–Crippen LogP) is 3.54. The summed E-state index contributed by atoms with van der Waals surface area (Å²) < 4.78 is 2.22. The monoisotopic (exact) mass is 327 g/mol. The fraction of sp³-hybridized carbons (Fsp3) is 0.150. The van der Waals surface area contributed by atoms with E-state index in [2.05, 4.69) is 107 Å². The Morgan fingerprint density at radius 3 is 2.16 bits per heavy atom. The minimum Gasteiger partial charge on any atom is -0.354 e. The Balaban J connectivity index is 1.81. The quantitative estimate of drug-likeness (QED) is 0.501. The van der Waals surface area contributed by atoms with Crippen molar-refractivity contribution in [2.24, 2.45) is 7.05 Å². The van der Waals surface area contributed by atoms with Crippen LogP contribution >= 0.6 is 0 Å². The highest BCUT2D eigenvalue weighted by Crippen LogP contribution is 2.52. The van der Waals surface area contributed by atoms with Crippen LogP contribution in [0.4, 0.5) is 28.6 Å². The molecule has 3 heterocycles. The second kappa shape index (κ2) is 5.02. The Morgan fingerprint density at radius 2 is 1.40 bits per heavy atom. The Morgan fingerprint density at radius 1 is 0.760 bits per heavy atom. The third-order valence-corrected chi connectivity index (χ3v) is 5.32. The van der Waals surface area contributed by atoms with Crippen molar-refractivity contribution in [1.82, 2.24) is 0 Å². The van der Waals surface area contributed by atoms with Gasteiger partial charge in [0, 0.05) is 0 Å². The van der Waals surface area contributed by atoms with Gasteiger partial charge in [0.2, 0.25) is 0 Å². The summed E-state index contributed by atoms with van der Waals surface area (Å²) in [6, 6.07) is 21.6. The maximum Gasteiger partial charge on any atom is 0.639 e. The van der Waals surface area contributed by atoms with E-state index in [0.29, 0.717) is 0 Å². The topological polar surface area (TPSA) is 13.6 Å². The zero-order chi connectivity index (χ0) is 17.1. The number of pyridine rings is 1. The lowest BCUT2D eigenvalue weighted by atomic mass is 9.87. The molecule has 0 saturated carbocycles. The Kier molecular flexibility index (Phi) is 2.89. The first kappa shape index (κ1) is 14.4. The number of aryl methyl sites for hydroxylation is 2. The van der Waals surface area contributed by atoms with Crippen LogP contribution in [0.2, 0.25) is 0 Å². The van der Waals surface area contributed by atoms with Gasteiger partial charge in [0.15, 0.2) is 0 Å². The molecule has 0 radical (unpaired) electrons. The van der Waals surface area contributed by atoms with Crippen molar-refractivity contribution in [2.75, 3.05) is 21.5 Å². The van der Waals surface area contributed by atoms with Gasteiger partial charge >= 0.3 is 7.12 Å². The molecule has 5 rings (SSSR count). The van der Waals surface area contributed by atoms with Gasteiger partial charge in [-0.3, -0.25) is 0 Å². The van der Waals surface area contributed by atoms with E-state index >= 15 is 0 Å². The summed E-state index contributed by atoms with van der Waals surface area (Å²) in [4.78, 5) is 7.25. The Hall–Kier alpha value is -2.95. The molecule has 0 spiro atoms. The summed E-state index contributed by atoms with van der Waals surface area (Å²) in [7, 11) is 4.42. The second-order valence-electron chi connectivity index (χ2n) is 6.80. The van der Waals surface area contributed by atoms with E-state index in [9.17, 15) is 0 Å². The van der Waals surface area contributed by atoms with Crippen LogP contribution in [0.15, 0.2) is 66.9 Å². The first-order chi connectivity index (χ1) is 12.2. The lowest BCUT2D eigenvalue weighted by Crippen LogP contribution is -2.53. The van der Waals surface area contributed by atoms with Crippen LogP contribution in [0, 0.1) is 6.92 Å². The Bertz CT molecular complexity index is 987. The van der Waals surface area contributed by atoms with Gasteiger partial charge in [-0.25, -0.2) is 9.38 Å². The molecular weight excluding hydrogens is 307 g/mol. The van der Waals surface area contributed by atoms with E-state index in [1.54, 1.807) is 0 Å². The van der Waals surface area contributed by atoms with Crippen LogP contribution < -0.4 is 19.0 Å². The largest absolute Gasteiger partial charge is 0.639 e. The van der Waals surface area contributed by atoms with Crippen molar-refractivity contribution in [3.63, 3.8) is 0 Å². The zero-order valence-corrected chi connectivity index (χ0v) is 14.7. The van der Waals surface area contributed by atoms with E-state index in [1.807, 2.05) is 0 Å². The molecule has 1 aromatic heterocycles. The lowest BCUT2D eigenvalue weighted by molar-refractivity contribution is -0.657. The number of benzene rings is 2. The van der Waals surface area contributed by atoms with Crippen LogP contribution in [0.5, 0.6) is 0 Å². The molecule has 0 aliphatic carbocycles. The number of anilines is 5. The van der Waals surface area contributed by atoms with E-state index in [4.69, 9.17) is 0 Å². The number of rotatable bonds is 1. The number of hydrogen-bond acceptors (Lipinski definition) is 3. The molecule has 2 aliphatic rings. The first-order valence-electron chi connectivity index (χ1n) is 8.63. The standard InChI is InChI=1S/C20H20BN4/c1-15-9-4-5-10-16(15)25-20-19(13-8-14-22(20)2)24-18-12-7-6-11-17(18)23(3)21(24)25/h4-14H,1-3H3/q+1. The maximum atomic E-state index is 2.45. The SMILES string of the molecule is Cc1ccccc1N1B2N(C)c3ccccc3N2c2ccc[n+](C)c21. The van der Waals surface area contributed by atoms with Gasteiger partial charge in [-0.15, -0.1) is 0 Å². The normalized spacial score (nSPS) is 14.7. The molecule has 4 nitrogen and oxygen atoms in total. The van der Waals surface area contributed by atoms with E-state index < -0.39 is 0 Å². The van der Waals surface area contributed by atoms with Crippen molar-refractivity contribution in [3.05, 3.63) is 72.4 Å². The van der Waals surface area contributed by atoms with E-state index in [1.165, 1.54) is 34.1 Å². The smallest absolute Gasteiger partial charge is 0.354 e. The van der Waals surface area contributed by atoms with Gasteiger partial charge in [0.05, 0.1) is 24.6 Å². The summed E-state index contributed by atoms with van der Waals surface area (Å²) in [6.45, 7) is 2.18. The fourth-order valence-corrected chi connectivity index (χ4v) is 4.18. The summed E-state index contributed by atoms with van der Waals surface area (Å²) >= 11 is 0. The molecule has 2 aromatic carbocycles. The molecule has 0 saturated heterocycles. The predicted molar refractivity (Wildman–Crippen MR) is 104 cm³/mol. The number of aromatic nitrogens is 1. The number of fused-ring (bicyclic) bond motifs is 5. The van der Waals surface area contributed by atoms with Crippen molar-refractivity contribution < 1.29 is 4.57 Å². The van der Waals surface area contributed by atoms with Gasteiger partial charge in [-0.1, -0.05) is 30.3 Å². The molecule has 122 valence electrons. The van der Waals surface area contributed by atoms with Gasteiger partial charge < -0.3 is 9.62 Å². The summed E-state index contributed by atoms with van der Waals surface area (Å²) in [5, 5.41) is 0. The number of para-hydroxylation sites is 3. The van der Waals surface area contributed by atoms with Crippen molar-refractivity contribution in [1.29, 1.82) is 0 Å². The fourth-order valence-electron chi connectivity index (χ4n) is 4.18. The summed E-state index contributed by atoms with van der Waals surface area (Å²) in [5.41, 5.74) is 6.30.